The van der Waals surface area contributed by atoms with Crippen LogP contribution in [0.2, 0.25) is 0 Å². The predicted octanol–water partition coefficient (Wildman–Crippen LogP) is 3.69. The number of fused-ring (bicyclic) bond motifs is 4. The lowest BCUT2D eigenvalue weighted by Gasteiger charge is -2.61. The molecule has 0 N–H and O–H groups in total. The lowest BCUT2D eigenvalue weighted by Crippen LogP contribution is -2.62. The highest BCUT2D eigenvalue weighted by Crippen LogP contribution is 2.69. The summed E-state index contributed by atoms with van der Waals surface area (Å²) in [5.74, 6) is 0.979. The summed E-state index contributed by atoms with van der Waals surface area (Å²) in [6.45, 7) is 7.59. The molecule has 5 fully saturated rings. The van der Waals surface area contributed by atoms with Gasteiger partial charge in [-0.25, -0.2) is 0 Å². The number of aldehydes is 1. The molecule has 2 aliphatic heterocycles. The average molecular weight is 379 g/mol. The van der Waals surface area contributed by atoms with Gasteiger partial charge in [0.05, 0.1) is 26.4 Å². The highest BCUT2D eigenvalue weighted by molar-refractivity contribution is 5.49. The second-order valence-corrected chi connectivity index (χ2v) is 9.93. The van der Waals surface area contributed by atoms with Crippen molar-refractivity contribution in [3.05, 3.63) is 0 Å². The summed E-state index contributed by atoms with van der Waals surface area (Å²) in [5, 5.41) is 0. The zero-order valence-corrected chi connectivity index (χ0v) is 16.8. The van der Waals surface area contributed by atoms with E-state index in [0.717, 1.165) is 58.0 Å². The second kappa shape index (κ2) is 6.25. The van der Waals surface area contributed by atoms with Gasteiger partial charge in [0, 0.05) is 30.1 Å². The SMILES string of the molecule is CC1(CCC=O)C2CCC3(C)C(CCC34OCCO4)C2CCC12OCCO2. The third-order valence-electron chi connectivity index (χ3n) is 9.27. The Balaban J connectivity index is 1.48. The summed E-state index contributed by atoms with van der Waals surface area (Å²) in [4.78, 5) is 11.2. The summed E-state index contributed by atoms with van der Waals surface area (Å²) in [6, 6.07) is 0. The van der Waals surface area contributed by atoms with E-state index in [4.69, 9.17) is 18.9 Å². The van der Waals surface area contributed by atoms with Crippen molar-refractivity contribution < 1.29 is 23.7 Å². The lowest BCUT2D eigenvalue weighted by molar-refractivity contribution is -0.302. The van der Waals surface area contributed by atoms with Crippen LogP contribution in [0.1, 0.15) is 65.2 Å². The van der Waals surface area contributed by atoms with E-state index < -0.39 is 5.79 Å². The molecule has 5 aliphatic rings. The standard InChI is InChI=1S/C22H34O5/c1-19(7-3-11-23)17-5-8-20(2)18(6-10-22(20)26-14-15-27-22)16(17)4-9-21(19)24-12-13-25-21/h11,16-18H,3-10,12-15H2,1-2H3. The van der Waals surface area contributed by atoms with Gasteiger partial charge >= 0.3 is 0 Å². The molecule has 152 valence electrons. The van der Waals surface area contributed by atoms with Gasteiger partial charge in [-0.1, -0.05) is 13.8 Å². The van der Waals surface area contributed by atoms with E-state index in [1.54, 1.807) is 0 Å². The molecule has 2 saturated heterocycles. The molecule has 3 saturated carbocycles. The Morgan fingerprint density at radius 3 is 2.07 bits per heavy atom. The van der Waals surface area contributed by atoms with Crippen LogP contribution in [0.4, 0.5) is 0 Å². The molecule has 5 atom stereocenters. The van der Waals surface area contributed by atoms with Crippen molar-refractivity contribution in [1.82, 2.24) is 0 Å². The quantitative estimate of drug-likeness (QED) is 0.701. The van der Waals surface area contributed by atoms with Crippen LogP contribution in [0.5, 0.6) is 0 Å². The maximum absolute atomic E-state index is 11.2. The molecule has 2 heterocycles. The van der Waals surface area contributed by atoms with Gasteiger partial charge < -0.3 is 23.7 Å². The summed E-state index contributed by atoms with van der Waals surface area (Å²) < 4.78 is 25.1. The predicted molar refractivity (Wildman–Crippen MR) is 99.0 cm³/mol. The van der Waals surface area contributed by atoms with Crippen LogP contribution < -0.4 is 0 Å². The Morgan fingerprint density at radius 2 is 1.41 bits per heavy atom. The molecule has 5 heteroatoms. The zero-order valence-electron chi connectivity index (χ0n) is 16.8. The molecule has 0 aromatic heterocycles. The third kappa shape index (κ3) is 2.29. The van der Waals surface area contributed by atoms with Crippen LogP contribution in [0.15, 0.2) is 0 Å². The van der Waals surface area contributed by atoms with Crippen LogP contribution in [0.3, 0.4) is 0 Å². The van der Waals surface area contributed by atoms with E-state index in [0.29, 0.717) is 37.4 Å². The third-order valence-corrected chi connectivity index (χ3v) is 9.27. The van der Waals surface area contributed by atoms with Crippen LogP contribution in [0.25, 0.3) is 0 Å². The Kier molecular flexibility index (Phi) is 4.29. The topological polar surface area (TPSA) is 54.0 Å². The van der Waals surface area contributed by atoms with Gasteiger partial charge in [-0.3, -0.25) is 0 Å². The molecule has 5 nitrogen and oxygen atoms in total. The van der Waals surface area contributed by atoms with Gasteiger partial charge in [-0.2, -0.15) is 0 Å². The number of carbonyl (C=O) groups is 1. The van der Waals surface area contributed by atoms with E-state index in [-0.39, 0.29) is 16.6 Å². The molecule has 0 aromatic rings. The van der Waals surface area contributed by atoms with Crippen molar-refractivity contribution >= 4 is 6.29 Å². The zero-order chi connectivity index (χ0) is 18.8. The van der Waals surface area contributed by atoms with Crippen molar-refractivity contribution in [3.8, 4) is 0 Å². The van der Waals surface area contributed by atoms with E-state index >= 15 is 0 Å². The maximum atomic E-state index is 11.2. The van der Waals surface area contributed by atoms with Gasteiger partial charge in [0.25, 0.3) is 0 Å². The molecule has 0 radical (unpaired) electrons. The highest BCUT2D eigenvalue weighted by atomic mass is 16.7. The molecule has 5 rings (SSSR count). The minimum atomic E-state index is -0.485. The molecular formula is C22H34O5. The van der Waals surface area contributed by atoms with Gasteiger partial charge in [-0.05, 0) is 49.9 Å². The molecule has 27 heavy (non-hydrogen) atoms. The molecule has 0 amide bonds. The van der Waals surface area contributed by atoms with Crippen LogP contribution >= 0.6 is 0 Å². The number of hydrogen-bond acceptors (Lipinski definition) is 5. The van der Waals surface area contributed by atoms with Crippen molar-refractivity contribution in [2.24, 2.45) is 28.6 Å². The molecular weight excluding hydrogens is 344 g/mol. The first kappa shape index (κ1) is 18.5. The molecule has 5 unspecified atom stereocenters. The minimum Gasteiger partial charge on any atom is -0.347 e. The van der Waals surface area contributed by atoms with Gasteiger partial charge in [-0.15, -0.1) is 0 Å². The van der Waals surface area contributed by atoms with Crippen LogP contribution in [-0.4, -0.2) is 44.3 Å². The number of carbonyl (C=O) groups excluding carboxylic acids is 1. The summed E-state index contributed by atoms with van der Waals surface area (Å²) in [6.07, 6.45) is 9.11. The van der Waals surface area contributed by atoms with E-state index in [9.17, 15) is 4.79 Å². The van der Waals surface area contributed by atoms with Crippen molar-refractivity contribution in [3.63, 3.8) is 0 Å². The van der Waals surface area contributed by atoms with Gasteiger partial charge in [0.1, 0.15) is 6.29 Å². The lowest BCUT2D eigenvalue weighted by atomic mass is 9.47. The largest absolute Gasteiger partial charge is 0.347 e. The first-order chi connectivity index (χ1) is 13.0. The van der Waals surface area contributed by atoms with Gasteiger partial charge in [0.15, 0.2) is 11.6 Å². The molecule has 0 aromatic carbocycles. The summed E-state index contributed by atoms with van der Waals surface area (Å²) in [5.41, 5.74) is 0.0138. The van der Waals surface area contributed by atoms with E-state index in [1.165, 1.54) is 6.42 Å². The number of rotatable bonds is 3. The molecule has 2 spiro atoms. The summed E-state index contributed by atoms with van der Waals surface area (Å²) >= 11 is 0. The minimum absolute atomic E-state index is 0.0954. The van der Waals surface area contributed by atoms with Crippen molar-refractivity contribution in [1.29, 1.82) is 0 Å². The first-order valence-corrected chi connectivity index (χ1v) is 11.0. The fourth-order valence-corrected chi connectivity index (χ4v) is 7.95. The normalized spacial score (nSPS) is 47.3. The number of hydrogen-bond donors (Lipinski definition) is 0. The Hall–Kier alpha value is -0.490. The van der Waals surface area contributed by atoms with Crippen LogP contribution in [-0.2, 0) is 23.7 Å². The average Bonchev–Trinajstić information content (AvgIpc) is 3.39. The van der Waals surface area contributed by atoms with Gasteiger partial charge in [0.2, 0.25) is 0 Å². The maximum Gasteiger partial charge on any atom is 0.174 e. The Bertz CT molecular complexity index is 594. The fourth-order valence-electron chi connectivity index (χ4n) is 7.95. The van der Waals surface area contributed by atoms with E-state index in [1.807, 2.05) is 0 Å². The van der Waals surface area contributed by atoms with Crippen molar-refractivity contribution in [2.45, 2.75) is 76.8 Å². The Morgan fingerprint density at radius 1 is 0.815 bits per heavy atom. The molecule has 3 aliphatic carbocycles. The smallest absolute Gasteiger partial charge is 0.174 e. The van der Waals surface area contributed by atoms with E-state index in [2.05, 4.69) is 13.8 Å². The molecule has 0 bridgehead atoms. The fraction of sp³-hybridized carbons (Fsp3) is 0.955. The Labute approximate surface area is 162 Å². The first-order valence-electron chi connectivity index (χ1n) is 11.0. The monoisotopic (exact) mass is 378 g/mol. The second-order valence-electron chi connectivity index (χ2n) is 9.93. The van der Waals surface area contributed by atoms with Crippen LogP contribution in [0, 0.1) is 28.6 Å². The van der Waals surface area contributed by atoms with Crippen molar-refractivity contribution in [2.75, 3.05) is 26.4 Å². The summed E-state index contributed by atoms with van der Waals surface area (Å²) in [7, 11) is 0. The number of ether oxygens (including phenoxy) is 4. The highest BCUT2D eigenvalue weighted by Gasteiger charge is 2.69.